The highest BCUT2D eigenvalue weighted by molar-refractivity contribution is 7.99. The molecule has 1 fully saturated rings. The normalized spacial score (nSPS) is 13.7. The van der Waals surface area contributed by atoms with Crippen LogP contribution in [0.2, 0.25) is 0 Å². The molecule has 0 bridgehead atoms. The summed E-state index contributed by atoms with van der Waals surface area (Å²) in [5.74, 6) is 0.602. The molecule has 0 aromatic carbocycles. The maximum Gasteiger partial charge on any atom is 0.253 e. The predicted molar refractivity (Wildman–Crippen MR) is 86.2 cm³/mol. The molecule has 8 heteroatoms. The molecule has 2 heterocycles. The smallest absolute Gasteiger partial charge is 0.253 e. The summed E-state index contributed by atoms with van der Waals surface area (Å²) in [4.78, 5) is 36.1. The minimum atomic E-state index is -0.113. The van der Waals surface area contributed by atoms with E-state index in [2.05, 4.69) is 20.3 Å². The van der Waals surface area contributed by atoms with Crippen molar-refractivity contribution in [3.8, 4) is 0 Å². The summed E-state index contributed by atoms with van der Waals surface area (Å²) in [6.07, 6.45) is 7.08. The van der Waals surface area contributed by atoms with Crippen molar-refractivity contribution in [3.05, 3.63) is 46.9 Å². The molecule has 7 nitrogen and oxygen atoms in total. The number of nitrogens with one attached hydrogen (secondary N) is 1. The van der Waals surface area contributed by atoms with Gasteiger partial charge >= 0.3 is 0 Å². The Bertz CT molecular complexity index is 730. The molecule has 1 saturated carbocycles. The fourth-order valence-corrected chi connectivity index (χ4v) is 2.70. The van der Waals surface area contributed by atoms with Crippen LogP contribution < -0.4 is 10.9 Å². The van der Waals surface area contributed by atoms with E-state index in [1.165, 1.54) is 16.3 Å². The molecular weight excluding hydrogens is 314 g/mol. The monoisotopic (exact) mass is 331 g/mol. The second-order valence-corrected chi connectivity index (χ2v) is 6.23. The number of carbonyl (C=O) groups excluding carboxylic acids is 1. The number of amides is 1. The van der Waals surface area contributed by atoms with Gasteiger partial charge in [-0.3, -0.25) is 14.2 Å². The number of carbonyl (C=O) groups is 1. The van der Waals surface area contributed by atoms with Gasteiger partial charge in [0.15, 0.2) is 5.16 Å². The minimum absolute atomic E-state index is 0.0665. The quantitative estimate of drug-likeness (QED) is 0.597. The largest absolute Gasteiger partial charge is 0.354 e. The lowest BCUT2D eigenvalue weighted by molar-refractivity contribution is -0.118. The first-order valence-corrected chi connectivity index (χ1v) is 8.44. The van der Waals surface area contributed by atoms with Gasteiger partial charge in [0.1, 0.15) is 0 Å². The molecule has 0 unspecified atom stereocenters. The molecule has 0 spiro atoms. The molecule has 120 valence electrons. The van der Waals surface area contributed by atoms with E-state index in [1.807, 2.05) is 0 Å². The lowest BCUT2D eigenvalue weighted by Crippen LogP contribution is -2.32. The van der Waals surface area contributed by atoms with Crippen molar-refractivity contribution in [1.82, 2.24) is 24.8 Å². The van der Waals surface area contributed by atoms with E-state index in [4.69, 9.17) is 0 Å². The molecule has 1 aliphatic carbocycles. The van der Waals surface area contributed by atoms with Crippen LogP contribution in [-0.2, 0) is 11.3 Å². The summed E-state index contributed by atoms with van der Waals surface area (Å²) in [5.41, 5.74) is 0.817. The van der Waals surface area contributed by atoms with Gasteiger partial charge in [0, 0.05) is 37.5 Å². The molecule has 0 aliphatic heterocycles. The molecule has 3 rings (SSSR count). The van der Waals surface area contributed by atoms with Crippen LogP contribution in [0.5, 0.6) is 0 Å². The molecule has 1 amide bonds. The SMILES string of the molecule is O=C(CSc1ncccn1)NCCn1cnc(C2CC2)cc1=O. The Kier molecular flexibility index (Phi) is 5.02. The van der Waals surface area contributed by atoms with E-state index in [0.29, 0.717) is 24.2 Å². The van der Waals surface area contributed by atoms with Crippen LogP contribution in [0.3, 0.4) is 0 Å². The third kappa shape index (κ3) is 4.62. The standard InChI is InChI=1S/C15H17N5O2S/c21-13(9-23-15-17-4-1-5-18-15)16-6-7-20-10-19-12(8-14(20)22)11-2-3-11/h1,4-5,8,10-11H,2-3,6-7,9H2,(H,16,21). The van der Waals surface area contributed by atoms with Crippen molar-refractivity contribution in [2.24, 2.45) is 0 Å². The van der Waals surface area contributed by atoms with Crippen molar-refractivity contribution >= 4 is 17.7 Å². The van der Waals surface area contributed by atoms with Gasteiger partial charge in [0.2, 0.25) is 5.91 Å². The van der Waals surface area contributed by atoms with Gasteiger partial charge in [-0.15, -0.1) is 0 Å². The van der Waals surface area contributed by atoms with Gasteiger partial charge in [-0.2, -0.15) is 0 Å². The van der Waals surface area contributed by atoms with E-state index in [-0.39, 0.29) is 17.2 Å². The van der Waals surface area contributed by atoms with Crippen LogP contribution in [0.4, 0.5) is 0 Å². The molecule has 23 heavy (non-hydrogen) atoms. The Hall–Kier alpha value is -2.22. The van der Waals surface area contributed by atoms with E-state index in [9.17, 15) is 9.59 Å². The maximum atomic E-state index is 11.9. The third-order valence-electron chi connectivity index (χ3n) is 3.45. The highest BCUT2D eigenvalue weighted by Gasteiger charge is 2.25. The fraction of sp³-hybridized carbons (Fsp3) is 0.400. The number of thioether (sulfide) groups is 1. The number of aromatic nitrogens is 4. The summed E-state index contributed by atoms with van der Waals surface area (Å²) in [6, 6.07) is 3.33. The van der Waals surface area contributed by atoms with E-state index >= 15 is 0 Å². The second-order valence-electron chi connectivity index (χ2n) is 5.29. The average Bonchev–Trinajstić information content (AvgIpc) is 3.40. The fourth-order valence-electron chi connectivity index (χ4n) is 2.07. The zero-order chi connectivity index (χ0) is 16.1. The molecule has 1 aliphatic rings. The number of hydrogen-bond donors (Lipinski definition) is 1. The Labute approximate surface area is 137 Å². The van der Waals surface area contributed by atoms with Crippen molar-refractivity contribution in [2.75, 3.05) is 12.3 Å². The van der Waals surface area contributed by atoms with Crippen LogP contribution >= 0.6 is 11.8 Å². The summed E-state index contributed by atoms with van der Waals surface area (Å²) in [7, 11) is 0. The Morgan fingerprint density at radius 3 is 2.78 bits per heavy atom. The molecule has 0 atom stereocenters. The van der Waals surface area contributed by atoms with Crippen molar-refractivity contribution in [3.63, 3.8) is 0 Å². The topological polar surface area (TPSA) is 89.8 Å². The lowest BCUT2D eigenvalue weighted by Gasteiger charge is -2.07. The summed E-state index contributed by atoms with van der Waals surface area (Å²) >= 11 is 1.27. The first-order valence-electron chi connectivity index (χ1n) is 7.45. The molecule has 2 aromatic rings. The lowest BCUT2D eigenvalue weighted by atomic mass is 10.3. The predicted octanol–water partition coefficient (Wildman–Crippen LogP) is 0.819. The second kappa shape index (κ2) is 7.36. The van der Waals surface area contributed by atoms with E-state index in [0.717, 1.165) is 18.5 Å². The van der Waals surface area contributed by atoms with Crippen molar-refractivity contribution < 1.29 is 4.79 Å². The Balaban J connectivity index is 1.42. The first kappa shape index (κ1) is 15.7. The van der Waals surface area contributed by atoms with Gasteiger partial charge in [0.05, 0.1) is 17.8 Å². The van der Waals surface area contributed by atoms with E-state index in [1.54, 1.807) is 30.9 Å². The number of rotatable bonds is 7. The highest BCUT2D eigenvalue weighted by atomic mass is 32.2. The zero-order valence-corrected chi connectivity index (χ0v) is 13.3. The van der Waals surface area contributed by atoms with Gasteiger partial charge in [-0.1, -0.05) is 11.8 Å². The van der Waals surface area contributed by atoms with Crippen LogP contribution in [0.15, 0.2) is 40.8 Å². The Morgan fingerprint density at radius 2 is 2.09 bits per heavy atom. The highest BCUT2D eigenvalue weighted by Crippen LogP contribution is 2.38. The summed E-state index contributed by atoms with van der Waals surface area (Å²) in [6.45, 7) is 0.800. The van der Waals surface area contributed by atoms with Crippen LogP contribution in [0.25, 0.3) is 0 Å². The van der Waals surface area contributed by atoms with E-state index < -0.39 is 0 Å². The summed E-state index contributed by atoms with van der Waals surface area (Å²) in [5, 5.41) is 3.34. The van der Waals surface area contributed by atoms with Crippen LogP contribution in [0, 0.1) is 0 Å². The number of hydrogen-bond acceptors (Lipinski definition) is 6. The van der Waals surface area contributed by atoms with Gasteiger partial charge < -0.3 is 5.32 Å². The van der Waals surface area contributed by atoms with Gasteiger partial charge in [0.25, 0.3) is 5.56 Å². The van der Waals surface area contributed by atoms with Crippen molar-refractivity contribution in [2.45, 2.75) is 30.5 Å². The van der Waals surface area contributed by atoms with Crippen LogP contribution in [-0.4, -0.2) is 37.7 Å². The molecule has 2 aromatic heterocycles. The van der Waals surface area contributed by atoms with Crippen LogP contribution in [0.1, 0.15) is 24.5 Å². The molecule has 0 saturated heterocycles. The maximum absolute atomic E-state index is 11.9. The molecule has 1 N–H and O–H groups in total. The molecular formula is C15H17N5O2S. The van der Waals surface area contributed by atoms with Crippen molar-refractivity contribution in [1.29, 1.82) is 0 Å². The third-order valence-corrected chi connectivity index (χ3v) is 4.32. The molecule has 0 radical (unpaired) electrons. The average molecular weight is 331 g/mol. The number of nitrogens with zero attached hydrogens (tertiary/aromatic N) is 4. The first-order chi connectivity index (χ1) is 11.2. The Morgan fingerprint density at radius 1 is 1.30 bits per heavy atom. The zero-order valence-electron chi connectivity index (χ0n) is 12.5. The summed E-state index contributed by atoms with van der Waals surface area (Å²) < 4.78 is 1.51. The van der Waals surface area contributed by atoms with Gasteiger partial charge in [-0.25, -0.2) is 15.0 Å². The minimum Gasteiger partial charge on any atom is -0.354 e. The van der Waals surface area contributed by atoms with Gasteiger partial charge in [-0.05, 0) is 18.9 Å².